The third-order valence-corrected chi connectivity index (χ3v) is 5.35. The summed E-state index contributed by atoms with van der Waals surface area (Å²) in [5.74, 6) is 0.446. The number of hydrogen-bond acceptors (Lipinski definition) is 6. The summed E-state index contributed by atoms with van der Waals surface area (Å²) in [6.45, 7) is 7.24. The summed E-state index contributed by atoms with van der Waals surface area (Å²) >= 11 is 0. The number of imide groups is 1. The van der Waals surface area contributed by atoms with Gasteiger partial charge >= 0.3 is 0 Å². The summed E-state index contributed by atoms with van der Waals surface area (Å²) < 4.78 is 16.0. The van der Waals surface area contributed by atoms with Crippen molar-refractivity contribution in [1.82, 2.24) is 4.90 Å². The molecule has 1 N–H and O–H groups in total. The second kappa shape index (κ2) is 10.3. The van der Waals surface area contributed by atoms with E-state index in [9.17, 15) is 9.59 Å². The largest absolute Gasteiger partial charge is 0.493 e. The van der Waals surface area contributed by atoms with E-state index in [1.807, 2.05) is 39.0 Å². The molecule has 1 heterocycles. The summed E-state index contributed by atoms with van der Waals surface area (Å²) in [7, 11) is 3.11. The summed E-state index contributed by atoms with van der Waals surface area (Å²) in [6, 6.07) is 11.1. The second-order valence-corrected chi connectivity index (χ2v) is 7.58. The highest BCUT2D eigenvalue weighted by molar-refractivity contribution is 6.36. The van der Waals surface area contributed by atoms with Gasteiger partial charge in [0, 0.05) is 31.5 Å². The van der Waals surface area contributed by atoms with Gasteiger partial charge in [0.15, 0.2) is 11.5 Å². The highest BCUT2D eigenvalue weighted by Crippen LogP contribution is 2.35. The Balaban J connectivity index is 2.01. The third kappa shape index (κ3) is 4.78. The first kappa shape index (κ1) is 23.3. The molecule has 0 spiro atoms. The van der Waals surface area contributed by atoms with Crippen LogP contribution in [0.2, 0.25) is 0 Å². The molecule has 0 bridgehead atoms. The van der Waals surface area contributed by atoms with Crippen LogP contribution in [0.1, 0.15) is 30.0 Å². The number of benzene rings is 2. The van der Waals surface area contributed by atoms with Crippen LogP contribution >= 0.6 is 0 Å². The molecule has 3 rings (SSSR count). The fraction of sp³-hybridized carbons (Fsp3) is 0.360. The van der Waals surface area contributed by atoms with Gasteiger partial charge in [-0.3, -0.25) is 14.5 Å². The molecule has 0 saturated carbocycles. The zero-order chi connectivity index (χ0) is 23.3. The van der Waals surface area contributed by atoms with Crippen LogP contribution in [0.25, 0.3) is 5.57 Å². The molecule has 0 radical (unpaired) electrons. The van der Waals surface area contributed by atoms with E-state index in [0.717, 1.165) is 16.7 Å². The van der Waals surface area contributed by atoms with Crippen molar-refractivity contribution in [3.8, 4) is 11.5 Å². The lowest BCUT2D eigenvalue weighted by atomic mass is 9.97. The van der Waals surface area contributed by atoms with E-state index in [4.69, 9.17) is 14.2 Å². The molecule has 0 aromatic heterocycles. The molecule has 7 heteroatoms. The molecule has 170 valence electrons. The lowest BCUT2D eigenvalue weighted by Gasteiger charge is -2.15. The minimum Gasteiger partial charge on any atom is -0.493 e. The first-order valence-electron chi connectivity index (χ1n) is 10.7. The van der Waals surface area contributed by atoms with Crippen LogP contribution in [0.5, 0.6) is 11.5 Å². The average molecular weight is 439 g/mol. The Kier molecular flexibility index (Phi) is 7.53. The molecule has 2 amide bonds. The molecule has 0 aliphatic carbocycles. The standard InChI is InChI=1S/C25H30N2O5/c1-6-32-13-7-12-27-24(28)22(19-10-8-16(2)14-17(19)3)23(25(27)29)26-18-9-11-20(30-4)21(15-18)31-5/h8-11,14-15,26H,6-7,12-13H2,1-5H3. The number of hydrogen-bond donors (Lipinski definition) is 1. The maximum absolute atomic E-state index is 13.4. The molecule has 0 unspecified atom stereocenters. The van der Waals surface area contributed by atoms with E-state index in [-0.39, 0.29) is 17.5 Å². The third-order valence-electron chi connectivity index (χ3n) is 5.35. The summed E-state index contributed by atoms with van der Waals surface area (Å²) in [6.07, 6.45) is 0.578. The number of nitrogens with one attached hydrogen (secondary N) is 1. The van der Waals surface area contributed by atoms with E-state index in [1.54, 1.807) is 32.4 Å². The van der Waals surface area contributed by atoms with Gasteiger partial charge in [-0.2, -0.15) is 0 Å². The monoisotopic (exact) mass is 438 g/mol. The second-order valence-electron chi connectivity index (χ2n) is 7.58. The van der Waals surface area contributed by atoms with Crippen molar-refractivity contribution in [2.45, 2.75) is 27.2 Å². The molecule has 2 aromatic carbocycles. The van der Waals surface area contributed by atoms with Crippen molar-refractivity contribution in [2.75, 3.05) is 39.3 Å². The van der Waals surface area contributed by atoms with Gasteiger partial charge < -0.3 is 19.5 Å². The van der Waals surface area contributed by atoms with Crippen molar-refractivity contribution < 1.29 is 23.8 Å². The molecular weight excluding hydrogens is 408 g/mol. The highest BCUT2D eigenvalue weighted by Gasteiger charge is 2.39. The number of carbonyl (C=O) groups excluding carboxylic acids is 2. The van der Waals surface area contributed by atoms with Crippen LogP contribution in [0.3, 0.4) is 0 Å². The molecule has 0 atom stereocenters. The fourth-order valence-electron chi connectivity index (χ4n) is 3.77. The quantitative estimate of drug-likeness (QED) is 0.447. The molecule has 0 saturated heterocycles. The lowest BCUT2D eigenvalue weighted by Crippen LogP contribution is -2.34. The van der Waals surface area contributed by atoms with Gasteiger partial charge in [0.1, 0.15) is 5.70 Å². The molecule has 7 nitrogen and oxygen atoms in total. The average Bonchev–Trinajstić information content (AvgIpc) is 3.00. The van der Waals surface area contributed by atoms with Crippen molar-refractivity contribution in [2.24, 2.45) is 0 Å². The molecular formula is C25H30N2O5. The van der Waals surface area contributed by atoms with Crippen LogP contribution in [-0.4, -0.2) is 50.7 Å². The Bertz CT molecular complexity index is 1040. The number of ether oxygens (including phenoxy) is 3. The Labute approximate surface area is 189 Å². The number of carbonyl (C=O) groups is 2. The molecule has 2 aromatic rings. The van der Waals surface area contributed by atoms with Gasteiger partial charge in [-0.15, -0.1) is 0 Å². The van der Waals surface area contributed by atoms with Crippen molar-refractivity contribution in [1.29, 1.82) is 0 Å². The van der Waals surface area contributed by atoms with Crippen LogP contribution in [0, 0.1) is 13.8 Å². The molecule has 0 fully saturated rings. The normalized spacial score (nSPS) is 13.7. The Hall–Kier alpha value is -3.32. The van der Waals surface area contributed by atoms with E-state index in [0.29, 0.717) is 48.9 Å². The molecule has 1 aliphatic heterocycles. The summed E-state index contributed by atoms with van der Waals surface area (Å²) in [5.41, 5.74) is 4.02. The Morgan fingerprint density at radius 1 is 0.938 bits per heavy atom. The maximum Gasteiger partial charge on any atom is 0.278 e. The van der Waals surface area contributed by atoms with Crippen LogP contribution in [0.15, 0.2) is 42.1 Å². The predicted molar refractivity (Wildman–Crippen MR) is 124 cm³/mol. The Morgan fingerprint density at radius 2 is 1.69 bits per heavy atom. The SMILES string of the molecule is CCOCCCN1C(=O)C(Nc2ccc(OC)c(OC)c2)=C(c2ccc(C)cc2C)C1=O. The van der Waals surface area contributed by atoms with Gasteiger partial charge in [0.05, 0.1) is 19.8 Å². The minimum absolute atomic E-state index is 0.255. The van der Waals surface area contributed by atoms with Gasteiger partial charge in [0.25, 0.3) is 11.8 Å². The van der Waals surface area contributed by atoms with Crippen LogP contribution in [-0.2, 0) is 14.3 Å². The van der Waals surface area contributed by atoms with Crippen molar-refractivity contribution in [3.63, 3.8) is 0 Å². The van der Waals surface area contributed by atoms with Crippen molar-refractivity contribution >= 4 is 23.1 Å². The van der Waals surface area contributed by atoms with Crippen LogP contribution in [0.4, 0.5) is 5.69 Å². The first-order chi connectivity index (χ1) is 15.4. The smallest absolute Gasteiger partial charge is 0.278 e. The van der Waals surface area contributed by atoms with Gasteiger partial charge in [-0.25, -0.2) is 0 Å². The lowest BCUT2D eigenvalue weighted by molar-refractivity contribution is -0.137. The van der Waals surface area contributed by atoms with Gasteiger partial charge in [-0.1, -0.05) is 23.8 Å². The van der Waals surface area contributed by atoms with E-state index >= 15 is 0 Å². The minimum atomic E-state index is -0.351. The first-order valence-corrected chi connectivity index (χ1v) is 10.7. The number of methoxy groups -OCH3 is 2. The predicted octanol–water partition coefficient (Wildman–Crippen LogP) is 3.94. The summed E-state index contributed by atoms with van der Waals surface area (Å²) in [4.78, 5) is 28.0. The summed E-state index contributed by atoms with van der Waals surface area (Å²) in [5, 5.41) is 3.17. The van der Waals surface area contributed by atoms with Crippen molar-refractivity contribution in [3.05, 3.63) is 58.8 Å². The fourth-order valence-corrected chi connectivity index (χ4v) is 3.77. The maximum atomic E-state index is 13.4. The zero-order valence-electron chi connectivity index (χ0n) is 19.3. The highest BCUT2D eigenvalue weighted by atomic mass is 16.5. The topological polar surface area (TPSA) is 77.1 Å². The number of aryl methyl sites for hydroxylation is 2. The van der Waals surface area contributed by atoms with E-state index in [1.165, 1.54) is 4.90 Å². The number of anilines is 1. The van der Waals surface area contributed by atoms with Crippen LogP contribution < -0.4 is 14.8 Å². The van der Waals surface area contributed by atoms with E-state index < -0.39 is 0 Å². The number of amides is 2. The number of rotatable bonds is 10. The Morgan fingerprint density at radius 3 is 2.34 bits per heavy atom. The number of nitrogens with zero attached hydrogens (tertiary/aromatic N) is 1. The van der Waals surface area contributed by atoms with Gasteiger partial charge in [0.2, 0.25) is 0 Å². The van der Waals surface area contributed by atoms with Gasteiger partial charge in [-0.05, 0) is 50.5 Å². The molecule has 32 heavy (non-hydrogen) atoms. The zero-order valence-corrected chi connectivity index (χ0v) is 19.3. The molecule has 1 aliphatic rings. The van der Waals surface area contributed by atoms with E-state index in [2.05, 4.69) is 5.32 Å².